The Bertz CT molecular complexity index is 444. The summed E-state index contributed by atoms with van der Waals surface area (Å²) in [6, 6.07) is 8.10. The van der Waals surface area contributed by atoms with E-state index < -0.39 is 0 Å². The lowest BCUT2D eigenvalue weighted by Crippen LogP contribution is -2.44. The molecule has 1 amide bonds. The number of nitrogens with one attached hydrogen (secondary N) is 1. The molecular formula is C16H24N2O. The Labute approximate surface area is 116 Å². The van der Waals surface area contributed by atoms with Crippen LogP contribution < -0.4 is 10.2 Å². The molecule has 0 saturated heterocycles. The zero-order chi connectivity index (χ0) is 13.8. The minimum absolute atomic E-state index is 0.110. The van der Waals surface area contributed by atoms with E-state index in [0.717, 1.165) is 25.2 Å². The predicted octanol–water partition coefficient (Wildman–Crippen LogP) is 2.95. The molecule has 3 nitrogen and oxygen atoms in total. The summed E-state index contributed by atoms with van der Waals surface area (Å²) in [5.41, 5.74) is 2.29. The Kier molecular flexibility index (Phi) is 4.59. The molecule has 1 aliphatic rings. The van der Waals surface area contributed by atoms with Crippen molar-refractivity contribution in [2.24, 2.45) is 5.92 Å². The van der Waals surface area contributed by atoms with Gasteiger partial charge in [0, 0.05) is 18.8 Å². The average molecular weight is 260 g/mol. The number of benzene rings is 1. The molecule has 0 fully saturated rings. The molecule has 1 aliphatic heterocycles. The van der Waals surface area contributed by atoms with Crippen molar-refractivity contribution in [2.45, 2.75) is 46.2 Å². The monoisotopic (exact) mass is 260 g/mol. The van der Waals surface area contributed by atoms with Gasteiger partial charge in [0.2, 0.25) is 5.91 Å². The Morgan fingerprint density at radius 3 is 2.89 bits per heavy atom. The van der Waals surface area contributed by atoms with Crippen LogP contribution in [0.25, 0.3) is 0 Å². The lowest BCUT2D eigenvalue weighted by atomic mass is 10.0. The zero-order valence-corrected chi connectivity index (χ0v) is 12.1. The summed E-state index contributed by atoms with van der Waals surface area (Å²) < 4.78 is 0. The van der Waals surface area contributed by atoms with Gasteiger partial charge in [-0.05, 0) is 30.9 Å². The molecule has 2 unspecified atom stereocenters. The molecule has 2 rings (SSSR count). The number of nitrogens with zero attached hydrogens (tertiary/aromatic N) is 1. The van der Waals surface area contributed by atoms with Crippen LogP contribution in [-0.2, 0) is 11.3 Å². The normalized spacial score (nSPS) is 20.9. The Morgan fingerprint density at radius 1 is 1.42 bits per heavy atom. The van der Waals surface area contributed by atoms with Gasteiger partial charge >= 0.3 is 0 Å². The van der Waals surface area contributed by atoms with Crippen molar-refractivity contribution in [3.63, 3.8) is 0 Å². The van der Waals surface area contributed by atoms with Gasteiger partial charge in [-0.25, -0.2) is 0 Å². The molecule has 104 valence electrons. The highest BCUT2D eigenvalue weighted by Gasteiger charge is 2.27. The van der Waals surface area contributed by atoms with Crippen LogP contribution in [0.15, 0.2) is 24.3 Å². The van der Waals surface area contributed by atoms with Crippen LogP contribution >= 0.6 is 0 Å². The first-order chi connectivity index (χ1) is 9.13. The molecule has 2 atom stereocenters. The van der Waals surface area contributed by atoms with E-state index in [1.54, 1.807) is 0 Å². The molecule has 0 bridgehead atoms. The minimum atomic E-state index is -0.110. The third kappa shape index (κ3) is 3.16. The number of hydrogen-bond acceptors (Lipinski definition) is 2. The largest absolute Gasteiger partial charge is 0.310 e. The first kappa shape index (κ1) is 14.1. The number of anilines is 1. The Hall–Kier alpha value is -1.35. The van der Waals surface area contributed by atoms with Crippen molar-refractivity contribution >= 4 is 11.6 Å². The number of para-hydroxylation sites is 1. The van der Waals surface area contributed by atoms with E-state index in [9.17, 15) is 4.79 Å². The predicted molar refractivity (Wildman–Crippen MR) is 79.2 cm³/mol. The zero-order valence-electron chi connectivity index (χ0n) is 12.1. The van der Waals surface area contributed by atoms with Gasteiger partial charge in [-0.1, -0.05) is 38.5 Å². The molecule has 0 radical (unpaired) electrons. The first-order valence-electron chi connectivity index (χ1n) is 7.26. The number of rotatable bonds is 4. The molecule has 0 aliphatic carbocycles. The second-order valence-corrected chi connectivity index (χ2v) is 5.57. The topological polar surface area (TPSA) is 32.3 Å². The SMILES string of the molecule is CCCC(C)CN1C(=O)C(C)NCc2ccccc21. The lowest BCUT2D eigenvalue weighted by molar-refractivity contribution is -0.120. The van der Waals surface area contributed by atoms with Crippen LogP contribution in [0, 0.1) is 5.92 Å². The van der Waals surface area contributed by atoms with Gasteiger partial charge in [0.05, 0.1) is 6.04 Å². The van der Waals surface area contributed by atoms with Gasteiger partial charge in [0.25, 0.3) is 0 Å². The Morgan fingerprint density at radius 2 is 2.16 bits per heavy atom. The van der Waals surface area contributed by atoms with E-state index in [1.165, 1.54) is 12.0 Å². The maximum Gasteiger partial charge on any atom is 0.243 e. The maximum absolute atomic E-state index is 12.5. The second-order valence-electron chi connectivity index (χ2n) is 5.57. The second kappa shape index (κ2) is 6.20. The quantitative estimate of drug-likeness (QED) is 0.902. The van der Waals surface area contributed by atoms with Crippen molar-refractivity contribution in [1.29, 1.82) is 0 Å². The summed E-state index contributed by atoms with van der Waals surface area (Å²) in [7, 11) is 0. The lowest BCUT2D eigenvalue weighted by Gasteiger charge is -2.27. The standard InChI is InChI=1S/C16H24N2O/c1-4-7-12(2)11-18-15-9-6-5-8-14(15)10-17-13(3)16(18)19/h5-6,8-9,12-13,17H,4,7,10-11H2,1-3H3. The van der Waals surface area contributed by atoms with Gasteiger partial charge in [0.1, 0.15) is 0 Å². The fourth-order valence-corrected chi connectivity index (χ4v) is 2.71. The molecule has 0 aromatic heterocycles. The number of hydrogen-bond donors (Lipinski definition) is 1. The van der Waals surface area contributed by atoms with Crippen molar-refractivity contribution < 1.29 is 4.79 Å². The van der Waals surface area contributed by atoms with Crippen LogP contribution in [0.2, 0.25) is 0 Å². The van der Waals surface area contributed by atoms with Crippen LogP contribution in [0.4, 0.5) is 5.69 Å². The number of carbonyl (C=O) groups excluding carboxylic acids is 1. The summed E-state index contributed by atoms with van der Waals surface area (Å²) in [6.45, 7) is 7.95. The molecule has 1 heterocycles. The molecule has 1 aromatic rings. The van der Waals surface area contributed by atoms with E-state index >= 15 is 0 Å². The number of fused-ring (bicyclic) bond motifs is 1. The van der Waals surface area contributed by atoms with Crippen LogP contribution in [0.3, 0.4) is 0 Å². The van der Waals surface area contributed by atoms with Gasteiger partial charge in [-0.15, -0.1) is 0 Å². The number of amides is 1. The van der Waals surface area contributed by atoms with Crippen LogP contribution in [0.5, 0.6) is 0 Å². The molecular weight excluding hydrogens is 236 g/mol. The highest BCUT2D eigenvalue weighted by Crippen LogP contribution is 2.25. The molecule has 0 spiro atoms. The van der Waals surface area contributed by atoms with Gasteiger partial charge in [-0.2, -0.15) is 0 Å². The van der Waals surface area contributed by atoms with E-state index in [1.807, 2.05) is 24.0 Å². The van der Waals surface area contributed by atoms with Crippen molar-refractivity contribution in [2.75, 3.05) is 11.4 Å². The highest BCUT2D eigenvalue weighted by molar-refractivity contribution is 5.98. The molecule has 0 saturated carbocycles. The number of carbonyl (C=O) groups is 1. The maximum atomic E-state index is 12.5. The molecule has 3 heteroatoms. The van der Waals surface area contributed by atoms with Crippen LogP contribution in [0.1, 0.15) is 39.2 Å². The van der Waals surface area contributed by atoms with Gasteiger partial charge < -0.3 is 10.2 Å². The summed E-state index contributed by atoms with van der Waals surface area (Å²) >= 11 is 0. The summed E-state index contributed by atoms with van der Waals surface area (Å²) in [5.74, 6) is 0.722. The average Bonchev–Trinajstić information content (AvgIpc) is 2.52. The fourth-order valence-electron chi connectivity index (χ4n) is 2.71. The van der Waals surface area contributed by atoms with E-state index in [0.29, 0.717) is 5.92 Å². The van der Waals surface area contributed by atoms with Crippen molar-refractivity contribution in [1.82, 2.24) is 5.32 Å². The third-order valence-corrected chi connectivity index (χ3v) is 3.79. The highest BCUT2D eigenvalue weighted by atomic mass is 16.2. The minimum Gasteiger partial charge on any atom is -0.310 e. The summed E-state index contributed by atoms with van der Waals surface area (Å²) in [6.07, 6.45) is 2.33. The smallest absolute Gasteiger partial charge is 0.243 e. The first-order valence-corrected chi connectivity index (χ1v) is 7.26. The molecule has 1 N–H and O–H groups in total. The van der Waals surface area contributed by atoms with E-state index in [2.05, 4.69) is 31.3 Å². The third-order valence-electron chi connectivity index (χ3n) is 3.79. The van der Waals surface area contributed by atoms with E-state index in [4.69, 9.17) is 0 Å². The molecule has 1 aromatic carbocycles. The summed E-state index contributed by atoms with van der Waals surface area (Å²) in [4.78, 5) is 14.5. The fraction of sp³-hybridized carbons (Fsp3) is 0.562. The Balaban J connectivity index is 2.28. The molecule has 19 heavy (non-hydrogen) atoms. The van der Waals surface area contributed by atoms with Gasteiger partial charge in [0.15, 0.2) is 0 Å². The van der Waals surface area contributed by atoms with Crippen molar-refractivity contribution in [3.05, 3.63) is 29.8 Å². The summed E-state index contributed by atoms with van der Waals surface area (Å²) in [5, 5.41) is 3.29. The van der Waals surface area contributed by atoms with Crippen molar-refractivity contribution in [3.8, 4) is 0 Å². The van der Waals surface area contributed by atoms with E-state index in [-0.39, 0.29) is 11.9 Å². The van der Waals surface area contributed by atoms with Gasteiger partial charge in [-0.3, -0.25) is 4.79 Å². The van der Waals surface area contributed by atoms with Crippen LogP contribution in [-0.4, -0.2) is 18.5 Å².